The Morgan fingerprint density at radius 2 is 2.29 bits per heavy atom. The van der Waals surface area contributed by atoms with Gasteiger partial charge in [-0.25, -0.2) is 0 Å². The number of piperidine rings is 1. The quantitative estimate of drug-likeness (QED) is 0.725. The highest BCUT2D eigenvalue weighted by atomic mass is 15.2. The first kappa shape index (κ1) is 14.0. The summed E-state index contributed by atoms with van der Waals surface area (Å²) in [6.07, 6.45) is 5.74. The lowest BCUT2D eigenvalue weighted by molar-refractivity contribution is 0.331. The number of nitrogens with zero attached hydrogens (tertiary/aromatic N) is 2. The van der Waals surface area contributed by atoms with Gasteiger partial charge in [-0.1, -0.05) is 32.9 Å². The van der Waals surface area contributed by atoms with Crippen LogP contribution in [0.4, 0.5) is 0 Å². The third kappa shape index (κ3) is 3.45. The molecule has 0 aromatic heterocycles. The number of likely N-dealkylation sites (tertiary alicyclic amines) is 1. The maximum atomic E-state index is 4.40. The van der Waals surface area contributed by atoms with Crippen LogP contribution in [0.3, 0.4) is 0 Å². The first-order valence-electron chi connectivity index (χ1n) is 6.68. The Balaban J connectivity index is 2.67. The zero-order valence-electron chi connectivity index (χ0n) is 11.8. The minimum atomic E-state index is 0.588. The Morgan fingerprint density at radius 3 is 2.82 bits per heavy atom. The number of allylic oxidation sites excluding steroid dienone is 2. The van der Waals surface area contributed by atoms with Gasteiger partial charge in [0.1, 0.15) is 0 Å². The summed E-state index contributed by atoms with van der Waals surface area (Å²) in [5.74, 6) is 0.588. The van der Waals surface area contributed by atoms with Crippen molar-refractivity contribution in [2.75, 3.05) is 20.1 Å². The van der Waals surface area contributed by atoms with Crippen molar-refractivity contribution in [3.63, 3.8) is 0 Å². The summed E-state index contributed by atoms with van der Waals surface area (Å²) in [5.41, 5.74) is 3.91. The van der Waals surface area contributed by atoms with Gasteiger partial charge < -0.3 is 4.90 Å². The van der Waals surface area contributed by atoms with E-state index in [1.54, 1.807) is 0 Å². The lowest BCUT2D eigenvalue weighted by Crippen LogP contribution is -2.37. The molecule has 0 radical (unpaired) electrons. The van der Waals surface area contributed by atoms with Crippen molar-refractivity contribution in [1.29, 1.82) is 0 Å². The highest BCUT2D eigenvalue weighted by molar-refractivity contribution is 6.02. The summed E-state index contributed by atoms with van der Waals surface area (Å²) in [7, 11) is 1.89. The van der Waals surface area contributed by atoms with Crippen LogP contribution in [0.25, 0.3) is 0 Å². The molecular formula is C15H26N2. The molecule has 0 saturated carbocycles. The second kappa shape index (κ2) is 6.63. The average Bonchev–Trinajstić information content (AvgIpc) is 2.37. The summed E-state index contributed by atoms with van der Waals surface area (Å²) in [6, 6.07) is 0. The van der Waals surface area contributed by atoms with E-state index in [0.717, 1.165) is 19.5 Å². The zero-order valence-corrected chi connectivity index (χ0v) is 11.8. The van der Waals surface area contributed by atoms with Crippen LogP contribution >= 0.6 is 0 Å². The normalized spacial score (nSPS) is 23.2. The molecule has 1 saturated heterocycles. The molecule has 0 aromatic carbocycles. The van der Waals surface area contributed by atoms with E-state index in [9.17, 15) is 0 Å². The highest BCUT2D eigenvalue weighted by Gasteiger charge is 2.21. The summed E-state index contributed by atoms with van der Waals surface area (Å²) >= 11 is 0. The molecule has 1 atom stereocenters. The van der Waals surface area contributed by atoms with Gasteiger partial charge in [0.25, 0.3) is 0 Å². The second-order valence-corrected chi connectivity index (χ2v) is 4.84. The van der Waals surface area contributed by atoms with Crippen LogP contribution in [-0.4, -0.2) is 30.7 Å². The molecule has 1 aliphatic rings. The molecule has 2 heteroatoms. The standard InChI is InChI=1S/C15H26N2/c1-6-8-12(3)13(4)17-10-9-14(7-2)15(11-17)16-5/h7,12H,4,6,8-11H2,1-3,5H3/b14-7-,16-15?. The molecule has 0 aliphatic carbocycles. The van der Waals surface area contributed by atoms with E-state index in [1.165, 1.54) is 29.8 Å². The van der Waals surface area contributed by atoms with Crippen molar-refractivity contribution in [2.24, 2.45) is 10.9 Å². The molecule has 2 nitrogen and oxygen atoms in total. The van der Waals surface area contributed by atoms with E-state index in [-0.39, 0.29) is 0 Å². The molecule has 0 bridgehead atoms. The van der Waals surface area contributed by atoms with Crippen molar-refractivity contribution < 1.29 is 0 Å². The van der Waals surface area contributed by atoms with Gasteiger partial charge >= 0.3 is 0 Å². The topological polar surface area (TPSA) is 15.6 Å². The smallest absolute Gasteiger partial charge is 0.0597 e. The Labute approximate surface area is 106 Å². The van der Waals surface area contributed by atoms with E-state index >= 15 is 0 Å². The predicted octanol–water partition coefficient (Wildman–Crippen LogP) is 3.66. The molecule has 0 amide bonds. The molecule has 1 fully saturated rings. The fourth-order valence-corrected chi connectivity index (χ4v) is 2.44. The lowest BCUT2D eigenvalue weighted by Gasteiger charge is -2.35. The molecule has 1 heterocycles. The minimum absolute atomic E-state index is 0.588. The third-order valence-electron chi connectivity index (χ3n) is 3.68. The number of rotatable bonds is 4. The van der Waals surface area contributed by atoms with Gasteiger partial charge in [-0.15, -0.1) is 0 Å². The molecule has 1 unspecified atom stereocenters. The van der Waals surface area contributed by atoms with Gasteiger partial charge in [0.15, 0.2) is 0 Å². The lowest BCUT2D eigenvalue weighted by atomic mass is 9.97. The molecule has 0 spiro atoms. The van der Waals surface area contributed by atoms with Crippen molar-refractivity contribution in [3.05, 3.63) is 23.9 Å². The van der Waals surface area contributed by atoms with Crippen molar-refractivity contribution in [3.8, 4) is 0 Å². The van der Waals surface area contributed by atoms with Gasteiger partial charge in [0, 0.05) is 19.3 Å². The van der Waals surface area contributed by atoms with Crippen LogP contribution in [0.2, 0.25) is 0 Å². The molecule has 1 aliphatic heterocycles. The van der Waals surface area contributed by atoms with Crippen molar-refractivity contribution in [2.45, 2.75) is 40.0 Å². The Morgan fingerprint density at radius 1 is 1.59 bits per heavy atom. The van der Waals surface area contributed by atoms with Crippen LogP contribution in [0.5, 0.6) is 0 Å². The maximum Gasteiger partial charge on any atom is 0.0597 e. The Hall–Kier alpha value is -1.05. The van der Waals surface area contributed by atoms with E-state index in [1.807, 2.05) is 7.05 Å². The van der Waals surface area contributed by atoms with E-state index in [0.29, 0.717) is 5.92 Å². The first-order valence-corrected chi connectivity index (χ1v) is 6.68. The Kier molecular flexibility index (Phi) is 5.46. The monoisotopic (exact) mass is 234 g/mol. The molecular weight excluding hydrogens is 208 g/mol. The fraction of sp³-hybridized carbons (Fsp3) is 0.667. The number of hydrogen-bond acceptors (Lipinski definition) is 2. The van der Waals surface area contributed by atoms with Gasteiger partial charge in [-0.05, 0) is 31.3 Å². The van der Waals surface area contributed by atoms with Crippen LogP contribution in [0, 0.1) is 5.92 Å². The van der Waals surface area contributed by atoms with Crippen LogP contribution < -0.4 is 0 Å². The third-order valence-corrected chi connectivity index (χ3v) is 3.68. The van der Waals surface area contributed by atoms with Gasteiger partial charge in [0.2, 0.25) is 0 Å². The minimum Gasteiger partial charge on any atom is -0.369 e. The SMILES string of the molecule is C=C(C(C)CCC)N1CC/C(=C/C)C(=NC)C1. The Bertz CT molecular complexity index is 326. The molecule has 1 rings (SSSR count). The van der Waals surface area contributed by atoms with E-state index in [4.69, 9.17) is 0 Å². The summed E-state index contributed by atoms with van der Waals surface area (Å²) in [4.78, 5) is 6.80. The highest BCUT2D eigenvalue weighted by Crippen LogP contribution is 2.23. The van der Waals surface area contributed by atoms with Gasteiger partial charge in [-0.3, -0.25) is 4.99 Å². The van der Waals surface area contributed by atoms with Gasteiger partial charge in [-0.2, -0.15) is 0 Å². The van der Waals surface area contributed by atoms with Crippen molar-refractivity contribution in [1.82, 2.24) is 4.90 Å². The van der Waals surface area contributed by atoms with Crippen LogP contribution in [-0.2, 0) is 0 Å². The fourth-order valence-electron chi connectivity index (χ4n) is 2.44. The zero-order chi connectivity index (χ0) is 12.8. The summed E-state index contributed by atoms with van der Waals surface area (Å²) in [6.45, 7) is 12.9. The van der Waals surface area contributed by atoms with E-state index < -0.39 is 0 Å². The summed E-state index contributed by atoms with van der Waals surface area (Å²) < 4.78 is 0. The molecule has 17 heavy (non-hydrogen) atoms. The first-order chi connectivity index (χ1) is 8.13. The average molecular weight is 234 g/mol. The van der Waals surface area contributed by atoms with E-state index in [2.05, 4.69) is 43.3 Å². The molecule has 0 N–H and O–H groups in total. The largest absolute Gasteiger partial charge is 0.369 e. The second-order valence-electron chi connectivity index (χ2n) is 4.84. The molecule has 0 aromatic rings. The van der Waals surface area contributed by atoms with Gasteiger partial charge in [0.05, 0.1) is 12.3 Å². The number of aliphatic imine (C=N–C) groups is 1. The van der Waals surface area contributed by atoms with Crippen molar-refractivity contribution >= 4 is 5.71 Å². The maximum absolute atomic E-state index is 4.40. The molecule has 96 valence electrons. The van der Waals surface area contributed by atoms with Crippen LogP contribution in [0.1, 0.15) is 40.0 Å². The summed E-state index contributed by atoms with van der Waals surface area (Å²) in [5, 5.41) is 0. The number of hydrogen-bond donors (Lipinski definition) is 0. The van der Waals surface area contributed by atoms with Crippen LogP contribution in [0.15, 0.2) is 28.9 Å². The predicted molar refractivity (Wildman–Crippen MR) is 76.5 cm³/mol.